The van der Waals surface area contributed by atoms with Crippen LogP contribution in [0.1, 0.15) is 39.5 Å². The summed E-state index contributed by atoms with van der Waals surface area (Å²) in [7, 11) is 1.83. The highest BCUT2D eigenvalue weighted by atomic mass is 16.5. The van der Waals surface area contributed by atoms with Gasteiger partial charge in [-0.1, -0.05) is 13.3 Å². The Morgan fingerprint density at radius 3 is 2.88 bits per heavy atom. The molecule has 2 rings (SSSR count). The summed E-state index contributed by atoms with van der Waals surface area (Å²) < 4.78 is 5.41. The zero-order valence-corrected chi connectivity index (χ0v) is 11.7. The van der Waals surface area contributed by atoms with Crippen molar-refractivity contribution in [3.63, 3.8) is 0 Å². The van der Waals surface area contributed by atoms with E-state index in [-0.39, 0.29) is 0 Å². The monoisotopic (exact) mass is 240 g/mol. The standard InChI is InChI=1S/C14H28N2O/c1-4-6-14(11-17-3)16-10-13-7-5-8-15(13)9-12(16)2/h12-14H,4-11H2,1-3H3. The Balaban J connectivity index is 1.97. The van der Waals surface area contributed by atoms with Crippen LogP contribution in [-0.2, 0) is 4.74 Å². The van der Waals surface area contributed by atoms with Crippen molar-refractivity contribution in [1.82, 2.24) is 9.80 Å². The van der Waals surface area contributed by atoms with Crippen molar-refractivity contribution in [2.24, 2.45) is 0 Å². The third-order valence-electron chi connectivity index (χ3n) is 4.44. The molecule has 0 aromatic rings. The van der Waals surface area contributed by atoms with Gasteiger partial charge in [-0.05, 0) is 32.7 Å². The van der Waals surface area contributed by atoms with E-state index in [1.54, 1.807) is 0 Å². The second kappa shape index (κ2) is 6.17. The van der Waals surface area contributed by atoms with E-state index in [1.807, 2.05) is 7.11 Å². The first-order valence-corrected chi connectivity index (χ1v) is 7.25. The second-order valence-electron chi connectivity index (χ2n) is 5.73. The number of nitrogens with zero attached hydrogens (tertiary/aromatic N) is 2. The molecule has 0 bridgehead atoms. The molecule has 0 aromatic carbocycles. The van der Waals surface area contributed by atoms with Crippen molar-refractivity contribution < 1.29 is 4.74 Å². The topological polar surface area (TPSA) is 15.7 Å². The summed E-state index contributed by atoms with van der Waals surface area (Å²) in [6.07, 6.45) is 5.32. The smallest absolute Gasteiger partial charge is 0.0618 e. The molecule has 0 amide bonds. The first-order valence-electron chi connectivity index (χ1n) is 7.25. The van der Waals surface area contributed by atoms with Gasteiger partial charge in [-0.2, -0.15) is 0 Å². The molecule has 2 aliphatic rings. The molecule has 0 aromatic heterocycles. The third kappa shape index (κ3) is 3.01. The Kier molecular flexibility index (Phi) is 4.83. The summed E-state index contributed by atoms with van der Waals surface area (Å²) in [6.45, 7) is 9.40. The number of fused-ring (bicyclic) bond motifs is 1. The Hall–Kier alpha value is -0.120. The minimum atomic E-state index is 0.628. The summed E-state index contributed by atoms with van der Waals surface area (Å²) in [6, 6.07) is 2.14. The number of rotatable bonds is 5. The Bertz CT molecular complexity index is 228. The van der Waals surface area contributed by atoms with Gasteiger partial charge >= 0.3 is 0 Å². The van der Waals surface area contributed by atoms with E-state index < -0.39 is 0 Å². The van der Waals surface area contributed by atoms with Crippen LogP contribution in [0.25, 0.3) is 0 Å². The minimum Gasteiger partial charge on any atom is -0.383 e. The maximum Gasteiger partial charge on any atom is 0.0618 e. The second-order valence-corrected chi connectivity index (χ2v) is 5.73. The highest BCUT2D eigenvalue weighted by Gasteiger charge is 2.36. The van der Waals surface area contributed by atoms with Crippen LogP contribution in [0.15, 0.2) is 0 Å². The lowest BCUT2D eigenvalue weighted by atomic mass is 10.0. The Labute approximate surface area is 106 Å². The maximum atomic E-state index is 5.41. The predicted octanol–water partition coefficient (Wildman–Crippen LogP) is 1.97. The molecule has 0 spiro atoms. The first-order chi connectivity index (χ1) is 8.26. The zero-order chi connectivity index (χ0) is 12.3. The largest absolute Gasteiger partial charge is 0.383 e. The fraction of sp³-hybridized carbons (Fsp3) is 1.00. The number of hydrogen-bond donors (Lipinski definition) is 0. The molecule has 0 radical (unpaired) electrons. The molecule has 3 unspecified atom stereocenters. The van der Waals surface area contributed by atoms with Crippen molar-refractivity contribution >= 4 is 0 Å². The van der Waals surface area contributed by atoms with Gasteiger partial charge in [0.15, 0.2) is 0 Å². The highest BCUT2D eigenvalue weighted by Crippen LogP contribution is 2.26. The quantitative estimate of drug-likeness (QED) is 0.731. The van der Waals surface area contributed by atoms with Crippen LogP contribution < -0.4 is 0 Å². The normalized spacial score (nSPS) is 32.6. The molecule has 0 saturated carbocycles. The van der Waals surface area contributed by atoms with Gasteiger partial charge in [0.25, 0.3) is 0 Å². The fourth-order valence-electron chi connectivity index (χ4n) is 3.59. The molecule has 3 heteroatoms. The summed E-state index contributed by atoms with van der Waals surface area (Å²) in [5, 5.41) is 0. The fourth-order valence-corrected chi connectivity index (χ4v) is 3.59. The van der Waals surface area contributed by atoms with Crippen molar-refractivity contribution in [3.8, 4) is 0 Å². The van der Waals surface area contributed by atoms with Crippen LogP contribution in [0.3, 0.4) is 0 Å². The van der Waals surface area contributed by atoms with Gasteiger partial charge in [0.05, 0.1) is 6.61 Å². The molecular weight excluding hydrogens is 212 g/mol. The maximum absolute atomic E-state index is 5.41. The van der Waals surface area contributed by atoms with Crippen LogP contribution in [0.5, 0.6) is 0 Å². The van der Waals surface area contributed by atoms with Crippen LogP contribution in [-0.4, -0.2) is 61.3 Å². The van der Waals surface area contributed by atoms with Gasteiger partial charge in [0.2, 0.25) is 0 Å². The molecular formula is C14H28N2O. The van der Waals surface area contributed by atoms with E-state index in [9.17, 15) is 0 Å². The van der Waals surface area contributed by atoms with Gasteiger partial charge in [-0.25, -0.2) is 0 Å². The van der Waals surface area contributed by atoms with Crippen LogP contribution >= 0.6 is 0 Å². The summed E-state index contributed by atoms with van der Waals surface area (Å²) in [5.41, 5.74) is 0. The van der Waals surface area contributed by atoms with Gasteiger partial charge < -0.3 is 4.74 Å². The summed E-state index contributed by atoms with van der Waals surface area (Å²) in [5.74, 6) is 0. The van der Waals surface area contributed by atoms with Crippen molar-refractivity contribution in [3.05, 3.63) is 0 Å². The molecule has 2 fully saturated rings. The van der Waals surface area contributed by atoms with E-state index in [2.05, 4.69) is 23.6 Å². The van der Waals surface area contributed by atoms with Crippen molar-refractivity contribution in [2.75, 3.05) is 33.4 Å². The highest BCUT2D eigenvalue weighted by molar-refractivity contribution is 4.93. The van der Waals surface area contributed by atoms with Crippen LogP contribution in [0, 0.1) is 0 Å². The third-order valence-corrected chi connectivity index (χ3v) is 4.44. The number of piperazine rings is 1. The zero-order valence-electron chi connectivity index (χ0n) is 11.7. The molecule has 17 heavy (non-hydrogen) atoms. The minimum absolute atomic E-state index is 0.628. The van der Waals surface area contributed by atoms with E-state index >= 15 is 0 Å². The SMILES string of the molecule is CCCC(COC)N1CC2CCCN2CC1C. The Morgan fingerprint density at radius 1 is 1.35 bits per heavy atom. The summed E-state index contributed by atoms with van der Waals surface area (Å²) in [4.78, 5) is 5.40. The molecule has 2 saturated heterocycles. The molecule has 0 aliphatic carbocycles. The lowest BCUT2D eigenvalue weighted by Crippen LogP contribution is -2.58. The molecule has 2 heterocycles. The van der Waals surface area contributed by atoms with Crippen molar-refractivity contribution in [2.45, 2.75) is 57.7 Å². The van der Waals surface area contributed by atoms with E-state index in [0.29, 0.717) is 12.1 Å². The van der Waals surface area contributed by atoms with Crippen molar-refractivity contribution in [1.29, 1.82) is 0 Å². The number of methoxy groups -OCH3 is 1. The molecule has 0 N–H and O–H groups in total. The van der Waals surface area contributed by atoms with Crippen LogP contribution in [0.2, 0.25) is 0 Å². The summed E-state index contributed by atoms with van der Waals surface area (Å²) >= 11 is 0. The van der Waals surface area contributed by atoms with Gasteiger partial charge in [0.1, 0.15) is 0 Å². The van der Waals surface area contributed by atoms with Crippen LogP contribution in [0.4, 0.5) is 0 Å². The lowest BCUT2D eigenvalue weighted by Gasteiger charge is -2.46. The van der Waals surface area contributed by atoms with E-state index in [1.165, 1.54) is 45.3 Å². The van der Waals surface area contributed by atoms with Gasteiger partial charge in [0, 0.05) is 38.3 Å². The van der Waals surface area contributed by atoms with E-state index in [4.69, 9.17) is 4.74 Å². The predicted molar refractivity (Wildman–Crippen MR) is 71.3 cm³/mol. The average Bonchev–Trinajstić information content (AvgIpc) is 2.74. The van der Waals surface area contributed by atoms with E-state index in [0.717, 1.165) is 12.6 Å². The Morgan fingerprint density at radius 2 is 2.18 bits per heavy atom. The molecule has 2 aliphatic heterocycles. The number of ether oxygens (including phenoxy) is 1. The average molecular weight is 240 g/mol. The lowest BCUT2D eigenvalue weighted by molar-refractivity contribution is -0.00295. The van der Waals surface area contributed by atoms with Gasteiger partial charge in [-0.3, -0.25) is 9.80 Å². The molecule has 100 valence electrons. The first kappa shape index (κ1) is 13.3. The number of hydrogen-bond acceptors (Lipinski definition) is 3. The molecule has 3 nitrogen and oxygen atoms in total. The molecule has 3 atom stereocenters. The van der Waals surface area contributed by atoms with Gasteiger partial charge in [-0.15, -0.1) is 0 Å².